The number of benzene rings is 2. The average molecular weight is 764 g/mol. The van der Waals surface area contributed by atoms with Crippen molar-refractivity contribution in [3.05, 3.63) is 87.2 Å². The second-order valence-corrected chi connectivity index (χ2v) is 14.3. The van der Waals surface area contributed by atoms with Gasteiger partial charge < -0.3 is 55.3 Å². The van der Waals surface area contributed by atoms with Crippen molar-refractivity contribution in [2.75, 3.05) is 7.11 Å². The molecule has 0 spiro atoms. The molecule has 2 aromatic rings. The van der Waals surface area contributed by atoms with Crippen LogP contribution in [0.15, 0.2) is 65.0 Å². The first-order valence-corrected chi connectivity index (χ1v) is 17.4. The van der Waals surface area contributed by atoms with Crippen LogP contribution in [0.2, 0.25) is 0 Å². The predicted octanol–water partition coefficient (Wildman–Crippen LogP) is 2.37. The molecule has 3 aliphatic carbocycles. The lowest BCUT2D eigenvalue weighted by atomic mass is 9.55. The smallest absolute Gasteiger partial charge is 0.342 e. The van der Waals surface area contributed by atoms with E-state index in [1.807, 2.05) is 0 Å². The number of aromatic hydroxyl groups is 2. The van der Waals surface area contributed by atoms with Crippen molar-refractivity contribution in [1.29, 1.82) is 0 Å². The van der Waals surface area contributed by atoms with Crippen LogP contribution >= 0.6 is 0 Å². The number of hydrogen-bond acceptors (Lipinski definition) is 15. The molecule has 16 heteroatoms. The number of esters is 2. The molecule has 1 heterocycles. The Labute approximate surface area is 314 Å². The monoisotopic (exact) mass is 763 g/mol. The molecule has 2 aromatic carbocycles. The number of methoxy groups -OCH3 is 1. The number of para-hydroxylation sites is 1. The first-order chi connectivity index (χ1) is 25.8. The van der Waals surface area contributed by atoms with Crippen LogP contribution in [0, 0.1) is 11.8 Å². The van der Waals surface area contributed by atoms with Crippen molar-refractivity contribution in [3.63, 3.8) is 0 Å². The lowest BCUT2D eigenvalue weighted by Gasteiger charge is -2.52. The standard InChI is InChI=1S/C39H41NO15/c1-6-15(2)36(49)54-31-16(3)53-24(14-23(31)42)18-11-12-19-25(28(18)43)29(44)26-20(38(19,4)52-5)13-21-32(55-37(50)17-9-7-8-10-22(17)41)30(45)27(35(40)48)34(47)39(21,51)33(26)46/h6-12,16,20-21,23-24,31-32,41-44,47,51H,13-14H2,1-5H3,(H2,40,48)/b15-6-/t16-,20-,21-,23+,24+,31+,32-,38-,39+/m1/s1. The van der Waals surface area contributed by atoms with E-state index in [4.69, 9.17) is 24.7 Å². The summed E-state index contributed by atoms with van der Waals surface area (Å²) in [6, 6.07) is 8.15. The van der Waals surface area contributed by atoms with Crippen LogP contribution in [0.25, 0.3) is 5.76 Å². The molecule has 0 unspecified atom stereocenters. The molecular formula is C39H41NO15. The molecule has 2 fully saturated rings. The van der Waals surface area contributed by atoms with Gasteiger partial charge in [0.25, 0.3) is 5.91 Å². The number of allylic oxidation sites excluding steroid dienone is 1. The Kier molecular flexibility index (Phi) is 9.93. The topological polar surface area (TPSA) is 270 Å². The highest BCUT2D eigenvalue weighted by Gasteiger charge is 2.67. The number of phenols is 2. The van der Waals surface area contributed by atoms with Crippen molar-refractivity contribution in [1.82, 2.24) is 0 Å². The first kappa shape index (κ1) is 39.2. The number of aliphatic hydroxyl groups is 4. The minimum atomic E-state index is -3.18. The van der Waals surface area contributed by atoms with Crippen LogP contribution in [0.3, 0.4) is 0 Å². The summed E-state index contributed by atoms with van der Waals surface area (Å²) in [6.45, 7) is 6.30. The number of carbonyl (C=O) groups excluding carboxylic acids is 5. The Balaban J connectivity index is 1.44. The maximum atomic E-state index is 14.6. The Morgan fingerprint density at radius 1 is 1.02 bits per heavy atom. The summed E-state index contributed by atoms with van der Waals surface area (Å²) in [5, 5.41) is 68.4. The number of ketones is 2. The van der Waals surface area contributed by atoms with E-state index in [9.17, 15) is 54.6 Å². The number of phenolic OH excluding ortho intramolecular Hbond substituents is 2. The molecule has 16 nitrogen and oxygen atoms in total. The largest absolute Gasteiger partial charge is 0.508 e. The number of fused-ring (bicyclic) bond motifs is 3. The SMILES string of the molecule is C/C=C(/C)C(=O)O[C@@H]1[C@@H](O)C[C@@H](c2ccc3c(c2O)C(O)=C2C(=O)[C@]4(O)C(O)=C(C(N)=O)C(=O)[C@H](OC(=O)c5ccccc5O)[C@H]4C[C@H]2[C@]3(C)OC)O[C@@H]1C. The van der Waals surface area contributed by atoms with E-state index in [0.29, 0.717) is 5.57 Å². The Bertz CT molecular complexity index is 2110. The van der Waals surface area contributed by atoms with Gasteiger partial charge in [0.15, 0.2) is 17.8 Å². The molecule has 0 aromatic heterocycles. The van der Waals surface area contributed by atoms with Crippen molar-refractivity contribution in [2.24, 2.45) is 17.6 Å². The van der Waals surface area contributed by atoms with Gasteiger partial charge in [-0.05, 0) is 51.8 Å². The van der Waals surface area contributed by atoms with Crippen LogP contribution in [-0.4, -0.2) is 97.2 Å². The van der Waals surface area contributed by atoms with Gasteiger partial charge in [0.2, 0.25) is 11.6 Å². The zero-order valence-corrected chi connectivity index (χ0v) is 30.4. The van der Waals surface area contributed by atoms with Gasteiger partial charge >= 0.3 is 11.9 Å². The van der Waals surface area contributed by atoms with Gasteiger partial charge in [0.1, 0.15) is 34.2 Å². The fourth-order valence-corrected chi connectivity index (χ4v) is 8.17. The number of rotatable bonds is 7. The van der Waals surface area contributed by atoms with Gasteiger partial charge in [-0.3, -0.25) is 14.4 Å². The number of ether oxygens (including phenoxy) is 4. The normalized spacial score (nSPS) is 32.0. The van der Waals surface area contributed by atoms with E-state index in [0.717, 1.165) is 0 Å². The average Bonchev–Trinajstić information content (AvgIpc) is 3.14. The quantitative estimate of drug-likeness (QED) is 0.121. The van der Waals surface area contributed by atoms with Crippen LogP contribution in [0.5, 0.6) is 11.5 Å². The van der Waals surface area contributed by atoms with E-state index in [2.05, 4.69) is 0 Å². The molecule has 8 N–H and O–H groups in total. The third kappa shape index (κ3) is 5.87. The lowest BCUT2D eigenvalue weighted by Crippen LogP contribution is -2.65. The molecule has 55 heavy (non-hydrogen) atoms. The summed E-state index contributed by atoms with van der Waals surface area (Å²) >= 11 is 0. The highest BCUT2D eigenvalue weighted by atomic mass is 16.6. The Morgan fingerprint density at radius 3 is 2.29 bits per heavy atom. The fourth-order valence-electron chi connectivity index (χ4n) is 8.17. The predicted molar refractivity (Wildman–Crippen MR) is 188 cm³/mol. The Hall–Kier alpha value is -5.55. The molecule has 292 valence electrons. The first-order valence-electron chi connectivity index (χ1n) is 17.4. The fraction of sp³-hybridized carbons (Fsp3) is 0.410. The molecule has 0 radical (unpaired) electrons. The van der Waals surface area contributed by atoms with Gasteiger partial charge in [-0.25, -0.2) is 9.59 Å². The Morgan fingerprint density at radius 2 is 1.69 bits per heavy atom. The van der Waals surface area contributed by atoms with Crippen molar-refractivity contribution in [2.45, 2.75) is 82.3 Å². The summed E-state index contributed by atoms with van der Waals surface area (Å²) in [5.41, 5.74) is -1.30. The minimum absolute atomic E-state index is 0.0705. The van der Waals surface area contributed by atoms with E-state index >= 15 is 0 Å². The zero-order chi connectivity index (χ0) is 40.5. The summed E-state index contributed by atoms with van der Waals surface area (Å²) in [6.07, 6.45) is -5.35. The van der Waals surface area contributed by atoms with E-state index in [-0.39, 0.29) is 28.7 Å². The van der Waals surface area contributed by atoms with Crippen molar-refractivity contribution in [3.8, 4) is 11.5 Å². The van der Waals surface area contributed by atoms with Crippen LogP contribution in [0.1, 0.15) is 73.7 Å². The molecule has 4 aliphatic rings. The molecule has 1 amide bonds. The molecule has 1 aliphatic heterocycles. The molecule has 1 saturated carbocycles. The van der Waals surface area contributed by atoms with Gasteiger partial charge in [0.05, 0.1) is 29.5 Å². The highest BCUT2D eigenvalue weighted by molar-refractivity contribution is 6.24. The van der Waals surface area contributed by atoms with Crippen LogP contribution < -0.4 is 5.73 Å². The number of amides is 1. The number of nitrogens with two attached hydrogens (primary N) is 1. The molecule has 1 saturated heterocycles. The van der Waals surface area contributed by atoms with E-state index in [1.54, 1.807) is 26.8 Å². The zero-order valence-electron chi connectivity index (χ0n) is 30.4. The summed E-state index contributed by atoms with van der Waals surface area (Å²) in [4.78, 5) is 66.6. The number of hydrogen-bond donors (Lipinski definition) is 7. The number of primary amides is 1. The van der Waals surface area contributed by atoms with Crippen molar-refractivity contribution >= 4 is 35.2 Å². The van der Waals surface area contributed by atoms with Crippen molar-refractivity contribution < 1.29 is 73.6 Å². The molecule has 6 rings (SSSR count). The molecule has 0 bridgehead atoms. The number of Topliss-reactive ketones (excluding diaryl/α,β-unsaturated/α-hetero) is 2. The minimum Gasteiger partial charge on any atom is -0.508 e. The van der Waals surface area contributed by atoms with E-state index in [1.165, 1.54) is 50.4 Å². The summed E-state index contributed by atoms with van der Waals surface area (Å²) in [7, 11) is 1.28. The lowest BCUT2D eigenvalue weighted by molar-refractivity contribution is -0.191. The van der Waals surface area contributed by atoms with Crippen LogP contribution in [0.4, 0.5) is 0 Å². The third-order valence-corrected chi connectivity index (χ3v) is 11.4. The van der Waals surface area contributed by atoms with Gasteiger partial charge in [0, 0.05) is 42.1 Å². The third-order valence-electron chi connectivity index (χ3n) is 11.4. The van der Waals surface area contributed by atoms with Gasteiger partial charge in [-0.2, -0.15) is 0 Å². The number of aliphatic hydroxyl groups excluding tert-OH is 3. The second-order valence-electron chi connectivity index (χ2n) is 14.3. The maximum Gasteiger partial charge on any atom is 0.342 e. The highest BCUT2D eigenvalue weighted by Crippen LogP contribution is 2.59. The number of carbonyl (C=O) groups is 5. The molecular weight excluding hydrogens is 722 g/mol. The second kappa shape index (κ2) is 13.9. The summed E-state index contributed by atoms with van der Waals surface area (Å²) in [5.74, 6) is -12.6. The summed E-state index contributed by atoms with van der Waals surface area (Å²) < 4.78 is 23.0. The van der Waals surface area contributed by atoms with Crippen LogP contribution in [-0.2, 0) is 43.7 Å². The van der Waals surface area contributed by atoms with Gasteiger partial charge in [-0.15, -0.1) is 0 Å². The maximum absolute atomic E-state index is 14.6. The van der Waals surface area contributed by atoms with Gasteiger partial charge in [-0.1, -0.05) is 30.3 Å². The molecule has 9 atom stereocenters. The van der Waals surface area contributed by atoms with E-state index < -0.39 is 124 Å².